The van der Waals surface area contributed by atoms with Crippen LogP contribution in [0, 0.1) is 11.3 Å². The minimum atomic E-state index is -0.256. The second kappa shape index (κ2) is 5.35. The Bertz CT molecular complexity index is 184. The van der Waals surface area contributed by atoms with Crippen LogP contribution in [0.4, 0.5) is 0 Å². The van der Waals surface area contributed by atoms with E-state index in [-0.39, 0.29) is 17.4 Å². The maximum atomic E-state index is 11.0. The molecule has 2 atom stereocenters. The molecule has 0 aliphatic carbocycles. The summed E-state index contributed by atoms with van der Waals surface area (Å²) in [4.78, 5) is 11.0. The van der Waals surface area contributed by atoms with Crippen LogP contribution in [0.2, 0.25) is 0 Å². The van der Waals surface area contributed by atoms with E-state index in [4.69, 9.17) is 5.73 Å². The Balaban J connectivity index is 3.98. The summed E-state index contributed by atoms with van der Waals surface area (Å²) in [5, 5.41) is 3.20. The second-order valence-corrected chi connectivity index (χ2v) is 5.04. The monoisotopic (exact) mass is 200 g/mol. The highest BCUT2D eigenvalue weighted by Gasteiger charge is 2.21. The molecule has 0 aliphatic heterocycles. The minimum Gasteiger partial charge on any atom is -0.368 e. The molecule has 0 aromatic rings. The molecule has 0 saturated carbocycles. The van der Waals surface area contributed by atoms with Crippen molar-refractivity contribution in [2.75, 3.05) is 6.54 Å². The van der Waals surface area contributed by atoms with Crippen molar-refractivity contribution in [3.8, 4) is 0 Å². The number of rotatable bonds is 5. The van der Waals surface area contributed by atoms with Gasteiger partial charge in [-0.2, -0.15) is 0 Å². The van der Waals surface area contributed by atoms with E-state index in [0.29, 0.717) is 5.92 Å². The normalized spacial score (nSPS) is 16.4. The molecular weight excluding hydrogens is 176 g/mol. The van der Waals surface area contributed by atoms with Gasteiger partial charge in [0.2, 0.25) is 5.91 Å². The lowest BCUT2D eigenvalue weighted by atomic mass is 9.82. The summed E-state index contributed by atoms with van der Waals surface area (Å²) in [7, 11) is 0. The van der Waals surface area contributed by atoms with Crippen LogP contribution >= 0.6 is 0 Å². The zero-order valence-electron chi connectivity index (χ0n) is 10.1. The molecule has 0 aromatic carbocycles. The van der Waals surface area contributed by atoms with Gasteiger partial charge < -0.3 is 11.1 Å². The SMILES string of the molecule is CCC(NCC(C)C(C)(C)C)C(N)=O. The van der Waals surface area contributed by atoms with E-state index in [1.165, 1.54) is 0 Å². The number of carbonyl (C=O) groups is 1. The topological polar surface area (TPSA) is 55.1 Å². The molecule has 0 bridgehead atoms. The van der Waals surface area contributed by atoms with E-state index in [9.17, 15) is 4.79 Å². The van der Waals surface area contributed by atoms with Gasteiger partial charge in [0.05, 0.1) is 6.04 Å². The number of amides is 1. The van der Waals surface area contributed by atoms with Crippen LogP contribution in [-0.4, -0.2) is 18.5 Å². The zero-order valence-corrected chi connectivity index (χ0v) is 10.1. The van der Waals surface area contributed by atoms with Gasteiger partial charge in [0.25, 0.3) is 0 Å². The summed E-state index contributed by atoms with van der Waals surface area (Å²) < 4.78 is 0. The molecule has 0 rings (SSSR count). The van der Waals surface area contributed by atoms with Gasteiger partial charge in [0.15, 0.2) is 0 Å². The van der Waals surface area contributed by atoms with Crippen molar-refractivity contribution in [3.05, 3.63) is 0 Å². The summed E-state index contributed by atoms with van der Waals surface area (Å²) in [5.74, 6) is 0.268. The fraction of sp³-hybridized carbons (Fsp3) is 0.909. The van der Waals surface area contributed by atoms with Crippen LogP contribution in [0.15, 0.2) is 0 Å². The molecule has 0 fully saturated rings. The third-order valence-corrected chi connectivity index (χ3v) is 2.90. The molecule has 3 N–H and O–H groups in total. The first-order valence-corrected chi connectivity index (χ1v) is 5.31. The summed E-state index contributed by atoms with van der Waals surface area (Å²) >= 11 is 0. The van der Waals surface area contributed by atoms with E-state index in [1.807, 2.05) is 6.92 Å². The van der Waals surface area contributed by atoms with Crippen molar-refractivity contribution in [1.82, 2.24) is 5.32 Å². The van der Waals surface area contributed by atoms with Crippen LogP contribution < -0.4 is 11.1 Å². The van der Waals surface area contributed by atoms with E-state index >= 15 is 0 Å². The van der Waals surface area contributed by atoms with Gasteiger partial charge in [-0.1, -0.05) is 34.6 Å². The fourth-order valence-electron chi connectivity index (χ4n) is 1.07. The van der Waals surface area contributed by atoms with Gasteiger partial charge in [-0.3, -0.25) is 4.79 Å². The first-order chi connectivity index (χ1) is 6.29. The zero-order chi connectivity index (χ0) is 11.4. The highest BCUT2D eigenvalue weighted by Crippen LogP contribution is 2.24. The summed E-state index contributed by atoms with van der Waals surface area (Å²) in [6.45, 7) is 11.6. The first-order valence-electron chi connectivity index (χ1n) is 5.31. The highest BCUT2D eigenvalue weighted by atomic mass is 16.1. The van der Waals surface area contributed by atoms with Crippen molar-refractivity contribution < 1.29 is 4.79 Å². The Morgan fingerprint density at radius 3 is 2.21 bits per heavy atom. The molecular formula is C11H24N2O. The van der Waals surface area contributed by atoms with Gasteiger partial charge in [0, 0.05) is 0 Å². The molecule has 14 heavy (non-hydrogen) atoms. The van der Waals surface area contributed by atoms with E-state index in [2.05, 4.69) is 33.0 Å². The van der Waals surface area contributed by atoms with Crippen molar-refractivity contribution in [2.24, 2.45) is 17.1 Å². The summed E-state index contributed by atoms with van der Waals surface area (Å²) in [5.41, 5.74) is 5.51. The Labute approximate surface area is 87.4 Å². The minimum absolute atomic E-state index is 0.181. The van der Waals surface area contributed by atoms with Gasteiger partial charge in [-0.05, 0) is 24.3 Å². The Morgan fingerprint density at radius 1 is 1.43 bits per heavy atom. The first kappa shape index (κ1) is 13.4. The third kappa shape index (κ3) is 4.61. The van der Waals surface area contributed by atoms with E-state index < -0.39 is 0 Å². The number of nitrogens with two attached hydrogens (primary N) is 1. The fourth-order valence-corrected chi connectivity index (χ4v) is 1.07. The molecule has 3 nitrogen and oxygen atoms in total. The van der Waals surface area contributed by atoms with Crippen LogP contribution in [0.25, 0.3) is 0 Å². The third-order valence-electron chi connectivity index (χ3n) is 2.90. The smallest absolute Gasteiger partial charge is 0.234 e. The molecule has 1 amide bonds. The maximum absolute atomic E-state index is 11.0. The van der Waals surface area contributed by atoms with E-state index in [0.717, 1.165) is 13.0 Å². The van der Waals surface area contributed by atoms with Crippen molar-refractivity contribution in [3.63, 3.8) is 0 Å². The predicted molar refractivity (Wildman–Crippen MR) is 59.9 cm³/mol. The summed E-state index contributed by atoms with van der Waals surface area (Å²) in [6.07, 6.45) is 0.756. The highest BCUT2D eigenvalue weighted by molar-refractivity contribution is 5.79. The van der Waals surface area contributed by atoms with Gasteiger partial charge in [-0.25, -0.2) is 0 Å². The molecule has 84 valence electrons. The van der Waals surface area contributed by atoms with Crippen LogP contribution in [-0.2, 0) is 4.79 Å². The molecule has 2 unspecified atom stereocenters. The number of hydrogen-bond donors (Lipinski definition) is 2. The Morgan fingerprint density at radius 2 is 1.93 bits per heavy atom. The molecule has 0 heterocycles. The predicted octanol–water partition coefficient (Wildman–Crippen LogP) is 1.52. The number of primary amides is 1. The second-order valence-electron chi connectivity index (χ2n) is 5.04. The lowest BCUT2D eigenvalue weighted by Gasteiger charge is -2.28. The van der Waals surface area contributed by atoms with Gasteiger partial charge in [0.1, 0.15) is 0 Å². The van der Waals surface area contributed by atoms with Crippen LogP contribution in [0.3, 0.4) is 0 Å². The van der Waals surface area contributed by atoms with Crippen molar-refractivity contribution in [2.45, 2.75) is 47.1 Å². The average molecular weight is 200 g/mol. The molecule has 0 aromatic heterocycles. The number of carbonyl (C=O) groups excluding carboxylic acids is 1. The average Bonchev–Trinajstić information content (AvgIpc) is 2.02. The molecule has 0 radical (unpaired) electrons. The molecule has 0 aliphatic rings. The summed E-state index contributed by atoms with van der Waals surface area (Å²) in [6, 6.07) is -0.181. The maximum Gasteiger partial charge on any atom is 0.234 e. The molecule has 0 spiro atoms. The Hall–Kier alpha value is -0.570. The van der Waals surface area contributed by atoms with Crippen molar-refractivity contribution >= 4 is 5.91 Å². The van der Waals surface area contributed by atoms with Crippen molar-refractivity contribution in [1.29, 1.82) is 0 Å². The van der Waals surface area contributed by atoms with Gasteiger partial charge in [-0.15, -0.1) is 0 Å². The largest absolute Gasteiger partial charge is 0.368 e. The Kier molecular flexibility index (Phi) is 5.13. The standard InChI is InChI=1S/C11H24N2O/c1-6-9(10(12)14)13-7-8(2)11(3,4)5/h8-9,13H,6-7H2,1-5H3,(H2,12,14). The quantitative estimate of drug-likeness (QED) is 0.707. The van der Waals surface area contributed by atoms with Crippen LogP contribution in [0.1, 0.15) is 41.0 Å². The molecule has 3 heteroatoms. The number of hydrogen-bond acceptors (Lipinski definition) is 2. The molecule has 0 saturated heterocycles. The van der Waals surface area contributed by atoms with Crippen LogP contribution in [0.5, 0.6) is 0 Å². The lowest BCUT2D eigenvalue weighted by molar-refractivity contribution is -0.120. The van der Waals surface area contributed by atoms with E-state index in [1.54, 1.807) is 0 Å². The number of nitrogens with one attached hydrogen (secondary N) is 1. The lowest BCUT2D eigenvalue weighted by Crippen LogP contribution is -2.44. The van der Waals surface area contributed by atoms with Gasteiger partial charge >= 0.3 is 0 Å².